The molecule has 1 N–H and O–H groups in total. The van der Waals surface area contributed by atoms with Gasteiger partial charge in [0.1, 0.15) is 11.3 Å². The fourth-order valence-corrected chi connectivity index (χ4v) is 5.43. The van der Waals surface area contributed by atoms with Crippen molar-refractivity contribution < 1.29 is 14.0 Å². The number of nitrogens with zero attached hydrogens (tertiary/aromatic N) is 2. The predicted molar refractivity (Wildman–Crippen MR) is 130 cm³/mol. The van der Waals surface area contributed by atoms with Gasteiger partial charge in [0, 0.05) is 0 Å². The fourth-order valence-electron chi connectivity index (χ4n) is 3.18. The number of para-hydroxylation sites is 1. The summed E-state index contributed by atoms with van der Waals surface area (Å²) in [4.78, 5) is 31.5. The maximum absolute atomic E-state index is 13.1. The van der Waals surface area contributed by atoms with Gasteiger partial charge in [0.25, 0.3) is 11.8 Å². The molecule has 2 aromatic carbocycles. The molecule has 158 valence electrons. The second kappa shape index (κ2) is 8.34. The van der Waals surface area contributed by atoms with Crippen LogP contribution in [-0.2, 0) is 9.59 Å². The molecule has 4 aromatic rings. The number of fused-ring (bicyclic) bond motifs is 1. The molecule has 5 rings (SSSR count). The van der Waals surface area contributed by atoms with Crippen molar-refractivity contribution in [1.29, 1.82) is 0 Å². The van der Waals surface area contributed by atoms with Gasteiger partial charge in [-0.1, -0.05) is 29.8 Å². The molecular formula is C23H15N3O3S3. The number of rotatable bonds is 4. The van der Waals surface area contributed by atoms with Crippen LogP contribution in [0.25, 0.3) is 16.3 Å². The van der Waals surface area contributed by atoms with Crippen molar-refractivity contribution in [2.75, 3.05) is 4.90 Å². The predicted octanol–water partition coefficient (Wildman–Crippen LogP) is 5.18. The number of hydrogen-bond acceptors (Lipinski definition) is 7. The van der Waals surface area contributed by atoms with E-state index in [4.69, 9.17) is 16.6 Å². The van der Waals surface area contributed by atoms with Crippen LogP contribution < -0.4 is 10.2 Å². The Morgan fingerprint density at radius 3 is 2.66 bits per heavy atom. The zero-order valence-electron chi connectivity index (χ0n) is 16.7. The highest BCUT2D eigenvalue weighted by molar-refractivity contribution is 8.01. The Balaban J connectivity index is 1.40. The third-order valence-electron chi connectivity index (χ3n) is 4.74. The summed E-state index contributed by atoms with van der Waals surface area (Å²) in [6.07, 6.45) is 1.43. The number of anilines is 1. The molecule has 1 aliphatic heterocycles. The highest BCUT2D eigenvalue weighted by Gasteiger charge is 2.34. The lowest BCUT2D eigenvalue weighted by atomic mass is 10.1. The highest BCUT2D eigenvalue weighted by atomic mass is 32.2. The normalized spacial score (nSPS) is 15.6. The summed E-state index contributed by atoms with van der Waals surface area (Å²) in [7, 11) is 0. The molecule has 0 radical (unpaired) electrons. The molecular weight excluding hydrogens is 462 g/mol. The van der Waals surface area contributed by atoms with Crippen LogP contribution in [0.3, 0.4) is 0 Å². The van der Waals surface area contributed by atoms with E-state index in [0.717, 1.165) is 20.1 Å². The first-order valence-electron chi connectivity index (χ1n) is 9.59. The van der Waals surface area contributed by atoms with E-state index < -0.39 is 11.8 Å². The Morgan fingerprint density at radius 1 is 1.09 bits per heavy atom. The first kappa shape index (κ1) is 20.6. The van der Waals surface area contributed by atoms with Gasteiger partial charge in [-0.05, 0) is 73.4 Å². The van der Waals surface area contributed by atoms with Crippen LogP contribution in [0.15, 0.2) is 80.1 Å². The molecule has 0 bridgehead atoms. The van der Waals surface area contributed by atoms with Gasteiger partial charge in [0.15, 0.2) is 14.5 Å². The van der Waals surface area contributed by atoms with Crippen molar-refractivity contribution in [2.45, 2.75) is 16.4 Å². The van der Waals surface area contributed by atoms with Crippen LogP contribution in [-0.4, -0.2) is 21.9 Å². The van der Waals surface area contributed by atoms with E-state index in [1.54, 1.807) is 35.6 Å². The number of amides is 2. The molecule has 0 atom stereocenters. The molecule has 2 amide bonds. The molecule has 32 heavy (non-hydrogen) atoms. The molecule has 1 aliphatic rings. The molecule has 3 heterocycles. The minimum Gasteiger partial charge on any atom is -0.450 e. The Morgan fingerprint density at radius 2 is 1.88 bits per heavy atom. The maximum Gasteiger partial charge on any atom is 0.270 e. The minimum atomic E-state index is -0.555. The van der Waals surface area contributed by atoms with Crippen molar-refractivity contribution in [1.82, 2.24) is 10.3 Å². The van der Waals surface area contributed by atoms with Crippen molar-refractivity contribution >= 4 is 74.2 Å². The number of thiazole rings is 1. The number of hydrogen-bond donors (Lipinski definition) is 1. The SMILES string of the molecule is Cc1ccc(N2C(=O)/C(=C/c3ccc(Sc4nc5ccccc5s4)o3)C(=O)NC2=S)cc1. The van der Waals surface area contributed by atoms with Gasteiger partial charge in [0.2, 0.25) is 0 Å². The van der Waals surface area contributed by atoms with Crippen LogP contribution in [0, 0.1) is 6.92 Å². The van der Waals surface area contributed by atoms with Gasteiger partial charge in [-0.15, -0.1) is 11.3 Å². The third-order valence-corrected chi connectivity index (χ3v) is 7.05. The molecule has 2 aromatic heterocycles. The molecule has 9 heteroatoms. The first-order chi connectivity index (χ1) is 15.5. The van der Waals surface area contributed by atoms with Crippen LogP contribution in [0.1, 0.15) is 11.3 Å². The number of aromatic nitrogens is 1. The second-order valence-corrected chi connectivity index (χ2v) is 9.67. The molecule has 0 aliphatic carbocycles. The molecule has 0 unspecified atom stereocenters. The smallest absolute Gasteiger partial charge is 0.270 e. The quantitative estimate of drug-likeness (QED) is 0.248. The van der Waals surface area contributed by atoms with E-state index in [1.165, 1.54) is 22.7 Å². The van der Waals surface area contributed by atoms with Crippen molar-refractivity contribution in [3.8, 4) is 0 Å². The van der Waals surface area contributed by atoms with Crippen LogP contribution in [0.4, 0.5) is 5.69 Å². The lowest BCUT2D eigenvalue weighted by molar-refractivity contribution is -0.122. The zero-order valence-corrected chi connectivity index (χ0v) is 19.1. The molecule has 0 saturated carbocycles. The molecule has 0 spiro atoms. The van der Waals surface area contributed by atoms with E-state index in [2.05, 4.69) is 10.3 Å². The minimum absolute atomic E-state index is 0.0486. The fraction of sp³-hybridized carbons (Fsp3) is 0.0435. The highest BCUT2D eigenvalue weighted by Crippen LogP contribution is 2.35. The summed E-state index contributed by atoms with van der Waals surface area (Å²) in [6, 6.07) is 18.7. The Labute approximate surface area is 196 Å². The number of aryl methyl sites for hydroxylation is 1. The van der Waals surface area contributed by atoms with Gasteiger partial charge < -0.3 is 4.42 Å². The third kappa shape index (κ3) is 3.97. The average Bonchev–Trinajstić information content (AvgIpc) is 3.38. The monoisotopic (exact) mass is 477 g/mol. The number of carbonyl (C=O) groups excluding carboxylic acids is 2. The Bertz CT molecular complexity index is 1370. The zero-order chi connectivity index (χ0) is 22.2. The topological polar surface area (TPSA) is 75.4 Å². The van der Waals surface area contributed by atoms with E-state index in [1.807, 2.05) is 43.3 Å². The van der Waals surface area contributed by atoms with E-state index in [-0.39, 0.29) is 10.7 Å². The van der Waals surface area contributed by atoms with E-state index in [0.29, 0.717) is 16.5 Å². The number of benzene rings is 2. The van der Waals surface area contributed by atoms with Crippen molar-refractivity contribution in [3.63, 3.8) is 0 Å². The van der Waals surface area contributed by atoms with Gasteiger partial charge in [-0.25, -0.2) is 4.98 Å². The van der Waals surface area contributed by atoms with Gasteiger partial charge >= 0.3 is 0 Å². The molecule has 1 fully saturated rings. The summed E-state index contributed by atoms with van der Waals surface area (Å²) in [6.45, 7) is 1.95. The van der Waals surface area contributed by atoms with Gasteiger partial charge in [-0.3, -0.25) is 19.8 Å². The first-order valence-corrected chi connectivity index (χ1v) is 11.6. The largest absolute Gasteiger partial charge is 0.450 e. The number of thiocarbonyl (C=S) groups is 1. The standard InChI is InChI=1S/C23H15N3O3S3/c1-13-6-8-14(9-7-13)26-21(28)16(20(27)25-22(26)30)12-15-10-11-19(29-15)32-23-24-17-4-2-3-5-18(17)31-23/h2-12H,1H3,(H,25,27,30)/b16-12+. The second-order valence-electron chi connectivity index (χ2n) is 7.00. The molecule has 6 nitrogen and oxygen atoms in total. The van der Waals surface area contributed by atoms with Gasteiger partial charge in [0.05, 0.1) is 15.9 Å². The van der Waals surface area contributed by atoms with E-state index in [9.17, 15) is 9.59 Å². The lowest BCUT2D eigenvalue weighted by Crippen LogP contribution is -2.54. The summed E-state index contributed by atoms with van der Waals surface area (Å²) in [5, 5.41) is 3.24. The van der Waals surface area contributed by atoms with Crippen LogP contribution in [0.5, 0.6) is 0 Å². The number of carbonyl (C=O) groups is 2. The average molecular weight is 478 g/mol. The summed E-state index contributed by atoms with van der Waals surface area (Å²) in [5.41, 5.74) is 2.52. The molecule has 1 saturated heterocycles. The summed E-state index contributed by atoms with van der Waals surface area (Å²) >= 11 is 8.20. The Hall–Kier alpha value is -3.27. The number of furan rings is 1. The maximum atomic E-state index is 13.1. The summed E-state index contributed by atoms with van der Waals surface area (Å²) < 4.78 is 7.78. The Kier molecular flexibility index (Phi) is 5.38. The van der Waals surface area contributed by atoms with Crippen LogP contribution >= 0.6 is 35.3 Å². The van der Waals surface area contributed by atoms with Crippen molar-refractivity contribution in [3.05, 3.63) is 77.6 Å². The van der Waals surface area contributed by atoms with Crippen LogP contribution in [0.2, 0.25) is 0 Å². The van der Waals surface area contributed by atoms with E-state index >= 15 is 0 Å². The number of nitrogens with one attached hydrogen (secondary N) is 1. The lowest BCUT2D eigenvalue weighted by Gasteiger charge is -2.28. The summed E-state index contributed by atoms with van der Waals surface area (Å²) in [5.74, 6) is -0.664. The van der Waals surface area contributed by atoms with Crippen molar-refractivity contribution in [2.24, 2.45) is 0 Å². The van der Waals surface area contributed by atoms with Gasteiger partial charge in [-0.2, -0.15) is 0 Å².